The SMILES string of the molecule is Cc1ccc2c(c1)C(=O)OC2N(c1ccccc1)c1ccc(N(c2ccc(N(c3ccccc3)C3OC(=O)c4cc(C)ccc43)cc2)C2OC(=O)c3cc(C)ccc32)cc1. The maximum atomic E-state index is 13.4. The summed E-state index contributed by atoms with van der Waals surface area (Å²) in [6.45, 7) is 5.87. The minimum atomic E-state index is -0.767. The first-order valence-corrected chi connectivity index (χ1v) is 19.8. The standard InChI is InChI=1S/C51H39N3O6/c1-31-14-25-40-43(28-31)49(55)58-46(40)52(34-10-6-4-7-11-34)36-17-21-38(22-18-36)54(48-42-27-16-33(3)30-45(42)51(57)60-48)39-23-19-37(20-24-39)53(35-12-8-5-9-13-35)47-41-26-15-32(2)29-44(41)50(56)59-47/h4-30,46-48H,1-3H3. The maximum absolute atomic E-state index is 13.4. The van der Waals surface area contributed by atoms with Crippen molar-refractivity contribution in [3.63, 3.8) is 0 Å². The van der Waals surface area contributed by atoms with Crippen LogP contribution in [-0.2, 0) is 14.2 Å². The van der Waals surface area contributed by atoms with Crippen molar-refractivity contribution in [2.75, 3.05) is 14.7 Å². The van der Waals surface area contributed by atoms with E-state index < -0.39 is 24.7 Å². The lowest BCUT2D eigenvalue weighted by atomic mass is 10.0. The Kier molecular flexibility index (Phi) is 8.94. The van der Waals surface area contributed by atoms with Gasteiger partial charge in [-0.15, -0.1) is 0 Å². The van der Waals surface area contributed by atoms with Crippen LogP contribution >= 0.6 is 0 Å². The van der Waals surface area contributed by atoms with Gasteiger partial charge < -0.3 is 28.9 Å². The van der Waals surface area contributed by atoms with E-state index in [1.165, 1.54) is 0 Å². The molecule has 0 N–H and O–H groups in total. The molecule has 7 aromatic rings. The zero-order chi connectivity index (χ0) is 41.1. The fourth-order valence-electron chi connectivity index (χ4n) is 8.43. The highest BCUT2D eigenvalue weighted by Gasteiger charge is 2.40. The fraction of sp³-hybridized carbons (Fsp3) is 0.118. The van der Waals surface area contributed by atoms with E-state index in [0.29, 0.717) is 16.7 Å². The molecule has 0 aromatic heterocycles. The number of anilines is 6. The van der Waals surface area contributed by atoms with Crippen LogP contribution in [0.4, 0.5) is 34.1 Å². The van der Waals surface area contributed by atoms with Crippen LogP contribution in [-0.4, -0.2) is 17.9 Å². The molecule has 0 saturated heterocycles. The molecule has 7 aromatic carbocycles. The van der Waals surface area contributed by atoms with Gasteiger partial charge in [0.2, 0.25) is 18.7 Å². The van der Waals surface area contributed by atoms with Gasteiger partial charge in [-0.1, -0.05) is 89.5 Å². The molecule has 0 bridgehead atoms. The molecule has 3 heterocycles. The molecule has 3 aliphatic rings. The van der Waals surface area contributed by atoms with Gasteiger partial charge in [0.1, 0.15) is 0 Å². The highest BCUT2D eigenvalue weighted by atomic mass is 16.6. The minimum Gasteiger partial charge on any atom is -0.433 e. The van der Waals surface area contributed by atoms with Gasteiger partial charge in [-0.25, -0.2) is 14.4 Å². The van der Waals surface area contributed by atoms with Crippen molar-refractivity contribution in [2.24, 2.45) is 0 Å². The van der Waals surface area contributed by atoms with Crippen LogP contribution in [0.1, 0.15) is 83.1 Å². The Hall–Kier alpha value is -7.65. The summed E-state index contributed by atoms with van der Waals surface area (Å²) in [4.78, 5) is 45.8. The molecule has 0 radical (unpaired) electrons. The van der Waals surface area contributed by atoms with Crippen LogP contribution in [0, 0.1) is 20.8 Å². The summed E-state index contributed by atoms with van der Waals surface area (Å²) in [7, 11) is 0. The lowest BCUT2D eigenvalue weighted by Crippen LogP contribution is -2.26. The third-order valence-electron chi connectivity index (χ3n) is 11.3. The van der Waals surface area contributed by atoms with Gasteiger partial charge in [-0.05, 0) is 112 Å². The molecule has 3 atom stereocenters. The molecule has 9 heteroatoms. The molecular weight excluding hydrogens is 751 g/mol. The molecule has 294 valence electrons. The first kappa shape index (κ1) is 36.7. The Balaban J connectivity index is 1.06. The number of cyclic esters (lactones) is 3. The van der Waals surface area contributed by atoms with Crippen LogP contribution in [0.25, 0.3) is 0 Å². The van der Waals surface area contributed by atoms with Crippen molar-refractivity contribution in [1.82, 2.24) is 0 Å². The number of fused-ring (bicyclic) bond motifs is 3. The summed E-state index contributed by atoms with van der Waals surface area (Å²) < 4.78 is 18.3. The average molecular weight is 790 g/mol. The number of benzene rings is 7. The highest BCUT2D eigenvalue weighted by molar-refractivity contribution is 5.97. The second-order valence-electron chi connectivity index (χ2n) is 15.4. The van der Waals surface area contributed by atoms with Gasteiger partial charge >= 0.3 is 17.9 Å². The molecule has 0 fully saturated rings. The summed E-state index contributed by atoms with van der Waals surface area (Å²) in [5.41, 5.74) is 11.7. The number of nitrogens with zero attached hydrogens (tertiary/aromatic N) is 3. The van der Waals surface area contributed by atoms with Gasteiger partial charge in [0, 0.05) is 50.8 Å². The number of para-hydroxylation sites is 2. The first-order chi connectivity index (χ1) is 29.2. The number of ether oxygens (including phenoxy) is 3. The monoisotopic (exact) mass is 789 g/mol. The van der Waals surface area contributed by atoms with E-state index in [1.54, 1.807) is 0 Å². The fourth-order valence-corrected chi connectivity index (χ4v) is 8.43. The molecule has 0 amide bonds. The van der Waals surface area contributed by atoms with Crippen LogP contribution in [0.3, 0.4) is 0 Å². The molecule has 3 unspecified atom stereocenters. The maximum Gasteiger partial charge on any atom is 0.340 e. The Morgan fingerprint density at radius 1 is 0.333 bits per heavy atom. The first-order valence-electron chi connectivity index (χ1n) is 19.8. The van der Waals surface area contributed by atoms with Crippen molar-refractivity contribution >= 4 is 52.0 Å². The molecule has 9 nitrogen and oxygen atoms in total. The molecule has 10 rings (SSSR count). The smallest absolute Gasteiger partial charge is 0.340 e. The normalized spacial score (nSPS) is 17.2. The molecule has 0 saturated carbocycles. The topological polar surface area (TPSA) is 88.6 Å². The van der Waals surface area contributed by atoms with Gasteiger partial charge in [-0.3, -0.25) is 0 Å². The van der Waals surface area contributed by atoms with E-state index in [-0.39, 0.29) is 11.9 Å². The van der Waals surface area contributed by atoms with Crippen molar-refractivity contribution in [3.05, 3.63) is 214 Å². The number of hydrogen-bond acceptors (Lipinski definition) is 9. The molecule has 0 aliphatic carbocycles. The quantitative estimate of drug-likeness (QED) is 0.105. The van der Waals surface area contributed by atoms with Gasteiger partial charge in [0.25, 0.3) is 0 Å². The molecule has 3 aliphatic heterocycles. The van der Waals surface area contributed by atoms with Crippen LogP contribution in [0.15, 0.2) is 164 Å². The number of hydrogen-bond donors (Lipinski definition) is 0. The number of rotatable bonds is 9. The molecular formula is C51H39N3O6. The third-order valence-corrected chi connectivity index (χ3v) is 11.3. The van der Waals surface area contributed by atoms with Crippen LogP contribution in [0.5, 0.6) is 0 Å². The minimum absolute atomic E-state index is 0.362. The largest absolute Gasteiger partial charge is 0.433 e. The summed E-state index contributed by atoms with van der Waals surface area (Å²) in [6.07, 6.45) is -2.13. The predicted molar refractivity (Wildman–Crippen MR) is 230 cm³/mol. The number of esters is 3. The highest BCUT2D eigenvalue weighted by Crippen LogP contribution is 2.47. The van der Waals surface area contributed by atoms with Crippen molar-refractivity contribution in [2.45, 2.75) is 39.5 Å². The van der Waals surface area contributed by atoms with E-state index >= 15 is 0 Å². The Morgan fingerprint density at radius 3 is 0.850 bits per heavy atom. The second-order valence-corrected chi connectivity index (χ2v) is 15.4. The zero-order valence-corrected chi connectivity index (χ0v) is 33.1. The zero-order valence-electron chi connectivity index (χ0n) is 33.1. The second kappa shape index (κ2) is 14.6. The van der Waals surface area contributed by atoms with Crippen molar-refractivity contribution < 1.29 is 28.6 Å². The van der Waals surface area contributed by atoms with E-state index in [0.717, 1.165) is 67.5 Å². The molecule has 0 spiro atoms. The summed E-state index contributed by atoms with van der Waals surface area (Å²) in [5.74, 6) is -1.12. The van der Waals surface area contributed by atoms with Gasteiger partial charge in [0.05, 0.1) is 16.7 Å². The predicted octanol–water partition coefficient (Wildman–Crippen LogP) is 11.6. The Labute approximate surface area is 347 Å². The number of aryl methyl sites for hydroxylation is 3. The van der Waals surface area contributed by atoms with E-state index in [9.17, 15) is 14.4 Å². The van der Waals surface area contributed by atoms with Gasteiger partial charge in [0.15, 0.2) is 0 Å². The van der Waals surface area contributed by atoms with Crippen molar-refractivity contribution in [3.8, 4) is 0 Å². The van der Waals surface area contributed by atoms with Crippen LogP contribution in [0.2, 0.25) is 0 Å². The van der Waals surface area contributed by atoms with E-state index in [1.807, 2.05) is 199 Å². The van der Waals surface area contributed by atoms with E-state index in [2.05, 4.69) is 0 Å². The third kappa shape index (κ3) is 6.31. The van der Waals surface area contributed by atoms with Gasteiger partial charge in [-0.2, -0.15) is 0 Å². The lowest BCUT2D eigenvalue weighted by molar-refractivity contribution is 0.0388. The van der Waals surface area contributed by atoms with E-state index in [4.69, 9.17) is 14.2 Å². The summed E-state index contributed by atoms with van der Waals surface area (Å²) >= 11 is 0. The average Bonchev–Trinajstić information content (AvgIpc) is 3.88. The number of carbonyl (C=O) groups excluding carboxylic acids is 3. The van der Waals surface area contributed by atoms with Crippen LogP contribution < -0.4 is 14.7 Å². The summed E-state index contributed by atoms with van der Waals surface area (Å²) in [5, 5.41) is 0. The number of carbonyl (C=O) groups is 3. The molecule has 60 heavy (non-hydrogen) atoms. The lowest BCUT2D eigenvalue weighted by Gasteiger charge is -2.34. The Bertz CT molecular complexity index is 2650. The Morgan fingerprint density at radius 2 is 0.583 bits per heavy atom. The van der Waals surface area contributed by atoms with Crippen molar-refractivity contribution in [1.29, 1.82) is 0 Å². The summed E-state index contributed by atoms with van der Waals surface area (Å²) in [6, 6.07) is 53.0.